The predicted molar refractivity (Wildman–Crippen MR) is 57.7 cm³/mol. The summed E-state index contributed by atoms with van der Waals surface area (Å²) in [5.74, 6) is 0.926. The van der Waals surface area contributed by atoms with Crippen molar-refractivity contribution in [2.24, 2.45) is 11.7 Å². The van der Waals surface area contributed by atoms with Gasteiger partial charge in [-0.3, -0.25) is 0 Å². The van der Waals surface area contributed by atoms with Gasteiger partial charge in [0, 0.05) is 6.04 Å². The second-order valence-corrected chi connectivity index (χ2v) is 4.50. The van der Waals surface area contributed by atoms with Crippen LogP contribution < -0.4 is 5.73 Å². The van der Waals surface area contributed by atoms with Gasteiger partial charge in [0.1, 0.15) is 0 Å². The van der Waals surface area contributed by atoms with Gasteiger partial charge < -0.3 is 10.6 Å². The Hall–Kier alpha value is -0.0800. The summed E-state index contributed by atoms with van der Waals surface area (Å²) in [4.78, 5) is 2.61. The molecular formula is C11H24N2. The molecule has 1 aliphatic rings. The molecular weight excluding hydrogens is 160 g/mol. The Morgan fingerprint density at radius 3 is 2.85 bits per heavy atom. The van der Waals surface area contributed by atoms with Gasteiger partial charge >= 0.3 is 0 Å². The third-order valence-electron chi connectivity index (χ3n) is 3.26. The van der Waals surface area contributed by atoms with Gasteiger partial charge in [-0.1, -0.05) is 6.92 Å². The molecule has 0 aliphatic carbocycles. The Morgan fingerprint density at radius 1 is 1.38 bits per heavy atom. The van der Waals surface area contributed by atoms with Crippen LogP contribution in [-0.4, -0.2) is 30.6 Å². The zero-order chi connectivity index (χ0) is 9.68. The molecule has 2 unspecified atom stereocenters. The molecule has 0 aromatic heterocycles. The van der Waals surface area contributed by atoms with Gasteiger partial charge in [-0.2, -0.15) is 0 Å². The van der Waals surface area contributed by atoms with Crippen LogP contribution in [0.15, 0.2) is 0 Å². The fourth-order valence-electron chi connectivity index (χ4n) is 2.15. The van der Waals surface area contributed by atoms with Crippen molar-refractivity contribution in [1.82, 2.24) is 4.90 Å². The molecule has 2 N–H and O–H groups in total. The zero-order valence-electron chi connectivity index (χ0n) is 9.13. The number of rotatable bonds is 3. The monoisotopic (exact) mass is 184 g/mol. The molecule has 1 aliphatic heterocycles. The summed E-state index contributed by atoms with van der Waals surface area (Å²) in [6.07, 6.45) is 5.30. The lowest BCUT2D eigenvalue weighted by Gasteiger charge is -2.27. The molecule has 0 radical (unpaired) electrons. The first-order chi connectivity index (χ1) is 6.24. The number of likely N-dealkylation sites (tertiary alicyclic amines) is 1. The summed E-state index contributed by atoms with van der Waals surface area (Å²) in [7, 11) is 0. The predicted octanol–water partition coefficient (Wildman–Crippen LogP) is 1.85. The maximum Gasteiger partial charge on any atom is 0.00789 e. The first kappa shape index (κ1) is 11.0. The van der Waals surface area contributed by atoms with Gasteiger partial charge in [0.25, 0.3) is 0 Å². The lowest BCUT2D eigenvalue weighted by molar-refractivity contribution is 0.207. The summed E-state index contributed by atoms with van der Waals surface area (Å²) in [6.45, 7) is 8.07. The van der Waals surface area contributed by atoms with E-state index < -0.39 is 0 Å². The third kappa shape index (κ3) is 3.65. The molecule has 2 heteroatoms. The molecule has 0 aromatic carbocycles. The largest absolute Gasteiger partial charge is 0.330 e. The molecule has 0 bridgehead atoms. The highest BCUT2D eigenvalue weighted by Gasteiger charge is 2.17. The summed E-state index contributed by atoms with van der Waals surface area (Å²) >= 11 is 0. The third-order valence-corrected chi connectivity index (χ3v) is 3.26. The van der Waals surface area contributed by atoms with Crippen LogP contribution in [0, 0.1) is 5.92 Å². The van der Waals surface area contributed by atoms with Crippen molar-refractivity contribution < 1.29 is 0 Å². The molecule has 1 fully saturated rings. The summed E-state index contributed by atoms with van der Waals surface area (Å²) < 4.78 is 0. The van der Waals surface area contributed by atoms with Crippen molar-refractivity contribution in [1.29, 1.82) is 0 Å². The topological polar surface area (TPSA) is 29.3 Å². The average Bonchev–Trinajstić information content (AvgIpc) is 2.30. The summed E-state index contributed by atoms with van der Waals surface area (Å²) in [5, 5.41) is 0. The maximum absolute atomic E-state index is 5.58. The van der Waals surface area contributed by atoms with Crippen molar-refractivity contribution in [2.45, 2.75) is 45.6 Å². The second kappa shape index (κ2) is 5.61. The van der Waals surface area contributed by atoms with Gasteiger partial charge in [0.15, 0.2) is 0 Å². The van der Waals surface area contributed by atoms with Gasteiger partial charge in [-0.05, 0) is 58.2 Å². The van der Waals surface area contributed by atoms with Crippen LogP contribution in [0.4, 0.5) is 0 Å². The molecule has 0 spiro atoms. The molecule has 1 rings (SSSR count). The van der Waals surface area contributed by atoms with Crippen LogP contribution in [0.1, 0.15) is 39.5 Å². The molecule has 1 heterocycles. The highest BCUT2D eigenvalue weighted by Crippen LogP contribution is 2.18. The van der Waals surface area contributed by atoms with Crippen molar-refractivity contribution >= 4 is 0 Å². The quantitative estimate of drug-likeness (QED) is 0.725. The van der Waals surface area contributed by atoms with Crippen LogP contribution in [0.5, 0.6) is 0 Å². The lowest BCUT2D eigenvalue weighted by atomic mass is 10.0. The van der Waals surface area contributed by atoms with E-state index >= 15 is 0 Å². The minimum absolute atomic E-state index is 0.690. The van der Waals surface area contributed by atoms with Gasteiger partial charge in [-0.15, -0.1) is 0 Å². The molecule has 13 heavy (non-hydrogen) atoms. The van der Waals surface area contributed by atoms with Gasteiger partial charge in [0.05, 0.1) is 0 Å². The van der Waals surface area contributed by atoms with Crippen molar-refractivity contribution in [3.05, 3.63) is 0 Å². The van der Waals surface area contributed by atoms with Crippen LogP contribution in [0.3, 0.4) is 0 Å². The average molecular weight is 184 g/mol. The first-order valence-electron chi connectivity index (χ1n) is 5.68. The Kier molecular flexibility index (Phi) is 4.74. The van der Waals surface area contributed by atoms with Gasteiger partial charge in [-0.25, -0.2) is 0 Å². The highest BCUT2D eigenvalue weighted by molar-refractivity contribution is 4.72. The van der Waals surface area contributed by atoms with Crippen LogP contribution >= 0.6 is 0 Å². The standard InChI is InChI=1S/C11H24N2/c1-10-4-3-8-13(9-6-10)11(2)5-7-12/h10-11H,3-9,12H2,1-2H3. The Morgan fingerprint density at radius 2 is 2.15 bits per heavy atom. The minimum atomic E-state index is 0.690. The van der Waals surface area contributed by atoms with E-state index in [1.165, 1.54) is 32.4 Å². The SMILES string of the molecule is CC1CCCN(C(C)CCN)CC1. The van der Waals surface area contributed by atoms with E-state index in [2.05, 4.69) is 18.7 Å². The molecule has 0 aromatic rings. The molecule has 0 saturated carbocycles. The van der Waals surface area contributed by atoms with Crippen molar-refractivity contribution in [3.63, 3.8) is 0 Å². The smallest absolute Gasteiger partial charge is 0.00789 e. The van der Waals surface area contributed by atoms with E-state index in [0.717, 1.165) is 18.9 Å². The number of hydrogen-bond acceptors (Lipinski definition) is 2. The molecule has 2 atom stereocenters. The van der Waals surface area contributed by atoms with E-state index in [1.54, 1.807) is 0 Å². The second-order valence-electron chi connectivity index (χ2n) is 4.50. The minimum Gasteiger partial charge on any atom is -0.330 e. The number of nitrogens with two attached hydrogens (primary N) is 1. The fourth-order valence-corrected chi connectivity index (χ4v) is 2.15. The van der Waals surface area contributed by atoms with Crippen LogP contribution in [0.25, 0.3) is 0 Å². The molecule has 2 nitrogen and oxygen atoms in total. The van der Waals surface area contributed by atoms with E-state index in [-0.39, 0.29) is 0 Å². The summed E-state index contributed by atoms with van der Waals surface area (Å²) in [6, 6.07) is 0.690. The van der Waals surface area contributed by atoms with Crippen molar-refractivity contribution in [2.75, 3.05) is 19.6 Å². The molecule has 78 valence electrons. The molecule has 0 amide bonds. The fraction of sp³-hybridized carbons (Fsp3) is 1.00. The highest BCUT2D eigenvalue weighted by atomic mass is 15.1. The summed E-state index contributed by atoms with van der Waals surface area (Å²) in [5.41, 5.74) is 5.58. The Bertz CT molecular complexity index is 136. The van der Waals surface area contributed by atoms with Crippen molar-refractivity contribution in [3.8, 4) is 0 Å². The van der Waals surface area contributed by atoms with Crippen LogP contribution in [0.2, 0.25) is 0 Å². The number of hydrogen-bond donors (Lipinski definition) is 1. The lowest BCUT2D eigenvalue weighted by Crippen LogP contribution is -2.35. The first-order valence-corrected chi connectivity index (χ1v) is 5.68. The number of nitrogens with zero attached hydrogens (tertiary/aromatic N) is 1. The Labute approximate surface area is 82.5 Å². The van der Waals surface area contributed by atoms with Gasteiger partial charge in [0.2, 0.25) is 0 Å². The Balaban J connectivity index is 2.32. The zero-order valence-corrected chi connectivity index (χ0v) is 9.13. The normalized spacial score (nSPS) is 28.4. The van der Waals surface area contributed by atoms with E-state index in [0.29, 0.717) is 6.04 Å². The van der Waals surface area contributed by atoms with E-state index in [4.69, 9.17) is 5.73 Å². The van der Waals surface area contributed by atoms with Crippen LogP contribution in [-0.2, 0) is 0 Å². The maximum atomic E-state index is 5.58. The molecule has 1 saturated heterocycles. The van der Waals surface area contributed by atoms with E-state index in [9.17, 15) is 0 Å². The van der Waals surface area contributed by atoms with E-state index in [1.807, 2.05) is 0 Å².